The van der Waals surface area contributed by atoms with Crippen LogP contribution in [-0.2, 0) is 19.6 Å². The van der Waals surface area contributed by atoms with Crippen molar-refractivity contribution in [1.82, 2.24) is 0 Å². The molecule has 0 saturated heterocycles. The molecule has 0 bridgehead atoms. The second-order valence-electron chi connectivity index (χ2n) is 18.6. The van der Waals surface area contributed by atoms with E-state index in [2.05, 4.69) is 38.2 Å². The zero-order valence-corrected chi connectivity index (χ0v) is 42.4. The van der Waals surface area contributed by atoms with Crippen molar-refractivity contribution in [3.05, 3.63) is 53.6 Å². The van der Waals surface area contributed by atoms with Gasteiger partial charge in [-0.3, -0.25) is 4.55 Å². The normalized spacial score (nSPS) is 11.9. The summed E-state index contributed by atoms with van der Waals surface area (Å²) in [4.78, 5) is 25.5. The molecule has 8 heteroatoms. The number of benzene rings is 1. The van der Waals surface area contributed by atoms with E-state index in [4.69, 9.17) is 9.47 Å². The van der Waals surface area contributed by atoms with Crippen LogP contribution in [0.1, 0.15) is 291 Å². The second-order valence-corrected chi connectivity index (χ2v) is 20.0. The number of hydrogen-bond acceptors (Lipinski definition) is 6. The molecular formula is C56H98O7S. The fourth-order valence-electron chi connectivity index (χ4n) is 8.34. The van der Waals surface area contributed by atoms with Gasteiger partial charge in [0.25, 0.3) is 10.1 Å². The Hall–Kier alpha value is -2.45. The zero-order chi connectivity index (χ0) is 46.4. The highest BCUT2D eigenvalue weighted by Crippen LogP contribution is 2.20. The van der Waals surface area contributed by atoms with Crippen LogP contribution in [0.25, 0.3) is 0 Å². The number of esters is 2. The Balaban J connectivity index is 2.11. The zero-order valence-electron chi connectivity index (χ0n) is 41.5. The molecule has 64 heavy (non-hydrogen) atoms. The molecule has 0 heterocycles. The molecule has 0 aliphatic heterocycles. The minimum Gasteiger partial charge on any atom is -0.462 e. The minimum atomic E-state index is -4.57. The molecule has 370 valence electrons. The molecule has 0 aliphatic rings. The maximum absolute atomic E-state index is 13.0. The van der Waals surface area contributed by atoms with E-state index in [0.717, 1.165) is 50.7 Å². The lowest BCUT2D eigenvalue weighted by Crippen LogP contribution is -2.16. The molecule has 0 unspecified atom stereocenters. The molecule has 1 N–H and O–H groups in total. The highest BCUT2D eigenvalue weighted by Gasteiger charge is 2.23. The van der Waals surface area contributed by atoms with Gasteiger partial charge in [-0.1, -0.05) is 231 Å². The topological polar surface area (TPSA) is 107 Å². The summed E-state index contributed by atoms with van der Waals surface area (Å²) in [6.45, 7) is 4.94. The third-order valence-corrected chi connectivity index (χ3v) is 13.4. The Kier molecular flexibility index (Phi) is 41.3. The predicted molar refractivity (Wildman–Crippen MR) is 271 cm³/mol. The standard InChI is InChI=1S/C56H98O7S/c1-3-5-7-9-11-13-15-17-19-21-23-25-27-29-31-33-35-37-39-41-43-45-49-62-55(57)53-48-47-52(64(59,60)61)51-54(53)56(58)63-50-46-44-42-40-38-36-34-32-30-28-26-24-22-20-18-16-14-12-10-8-6-4-2/h21-24,47-48,51H,3-20,25-46,49-50H2,1-2H3,(H,59,60,61)/b23-21+,24-22+. The van der Waals surface area contributed by atoms with Crippen LogP contribution < -0.4 is 0 Å². The number of ether oxygens (including phenoxy) is 2. The van der Waals surface area contributed by atoms with Gasteiger partial charge in [0.15, 0.2) is 0 Å². The number of carbonyl (C=O) groups is 2. The van der Waals surface area contributed by atoms with E-state index >= 15 is 0 Å². The Morgan fingerprint density at radius 2 is 0.672 bits per heavy atom. The molecule has 0 atom stereocenters. The van der Waals surface area contributed by atoms with E-state index in [1.165, 1.54) is 218 Å². The third-order valence-electron chi connectivity index (χ3n) is 12.5. The van der Waals surface area contributed by atoms with Crippen molar-refractivity contribution in [1.29, 1.82) is 0 Å². The Bertz CT molecular complexity index is 1400. The lowest BCUT2D eigenvalue weighted by molar-refractivity contribution is 0.0450. The van der Waals surface area contributed by atoms with Crippen LogP contribution >= 0.6 is 0 Å². The van der Waals surface area contributed by atoms with Crippen LogP contribution in [0, 0.1) is 0 Å². The first-order chi connectivity index (χ1) is 31.3. The molecule has 0 aliphatic carbocycles. The summed E-state index contributed by atoms with van der Waals surface area (Å²) in [5.74, 6) is -1.49. The van der Waals surface area contributed by atoms with Gasteiger partial charge in [0.05, 0.1) is 29.2 Å². The summed E-state index contributed by atoms with van der Waals surface area (Å²) >= 11 is 0. The number of hydrogen-bond donors (Lipinski definition) is 1. The lowest BCUT2D eigenvalue weighted by Gasteiger charge is -2.11. The maximum Gasteiger partial charge on any atom is 0.339 e. The summed E-state index contributed by atoms with van der Waals surface area (Å²) in [6, 6.07) is 3.32. The van der Waals surface area contributed by atoms with Gasteiger partial charge >= 0.3 is 11.9 Å². The first kappa shape index (κ1) is 59.6. The summed E-state index contributed by atoms with van der Waals surface area (Å²) in [5, 5.41) is 0. The first-order valence-corrected chi connectivity index (χ1v) is 28.5. The van der Waals surface area contributed by atoms with Crippen molar-refractivity contribution in [2.75, 3.05) is 13.2 Å². The van der Waals surface area contributed by atoms with Gasteiger partial charge in [-0.2, -0.15) is 8.42 Å². The monoisotopic (exact) mass is 915 g/mol. The average molecular weight is 915 g/mol. The molecule has 0 amide bonds. The van der Waals surface area contributed by atoms with E-state index in [9.17, 15) is 22.6 Å². The van der Waals surface area contributed by atoms with Crippen LogP contribution in [0.5, 0.6) is 0 Å². The summed E-state index contributed by atoms with van der Waals surface area (Å²) in [5.41, 5.74) is -0.265. The van der Waals surface area contributed by atoms with Gasteiger partial charge in [-0.15, -0.1) is 0 Å². The molecule has 1 aromatic rings. The summed E-state index contributed by atoms with van der Waals surface area (Å²) in [6.07, 6.45) is 59.6. The van der Waals surface area contributed by atoms with Gasteiger partial charge in [-0.25, -0.2) is 9.59 Å². The van der Waals surface area contributed by atoms with Crippen molar-refractivity contribution in [3.8, 4) is 0 Å². The predicted octanol–water partition coefficient (Wildman–Crippen LogP) is 18.0. The molecule has 1 rings (SSSR count). The van der Waals surface area contributed by atoms with Crippen molar-refractivity contribution in [2.24, 2.45) is 0 Å². The van der Waals surface area contributed by atoms with Crippen LogP contribution in [0.2, 0.25) is 0 Å². The largest absolute Gasteiger partial charge is 0.462 e. The van der Waals surface area contributed by atoms with Crippen LogP contribution in [0.15, 0.2) is 47.4 Å². The molecule has 0 radical (unpaired) electrons. The first-order valence-electron chi connectivity index (χ1n) is 27.1. The minimum absolute atomic E-state index is 0.0576. The highest BCUT2D eigenvalue weighted by atomic mass is 32.2. The average Bonchev–Trinajstić information content (AvgIpc) is 3.28. The number of unbranched alkanes of at least 4 members (excludes halogenated alkanes) is 36. The van der Waals surface area contributed by atoms with Gasteiger partial charge in [-0.05, 0) is 82.4 Å². The SMILES string of the molecule is CCCCCCCCCC/C=C/CCCCCCCCCCCCOC(=O)c1ccc(S(=O)(=O)O)cc1C(=O)OCCCCCCCCCCCC/C=C/CCCCCCCCCC. The van der Waals surface area contributed by atoms with E-state index < -0.39 is 27.0 Å². The molecule has 0 aromatic heterocycles. The van der Waals surface area contributed by atoms with Crippen molar-refractivity contribution >= 4 is 22.1 Å². The van der Waals surface area contributed by atoms with E-state index in [1.54, 1.807) is 0 Å². The molecule has 1 aromatic carbocycles. The van der Waals surface area contributed by atoms with Gasteiger partial charge in [0.2, 0.25) is 0 Å². The quantitative estimate of drug-likeness (QED) is 0.0300. The van der Waals surface area contributed by atoms with E-state index in [1.807, 2.05) is 0 Å². The Morgan fingerprint density at radius 3 is 0.969 bits per heavy atom. The molecule has 0 fully saturated rings. The highest BCUT2D eigenvalue weighted by molar-refractivity contribution is 7.85. The summed E-state index contributed by atoms with van der Waals surface area (Å²) < 4.78 is 44.2. The lowest BCUT2D eigenvalue weighted by atomic mass is 10.1. The fourth-order valence-corrected chi connectivity index (χ4v) is 8.84. The fraction of sp³-hybridized carbons (Fsp3) is 0.786. The maximum atomic E-state index is 13.0. The van der Waals surface area contributed by atoms with Gasteiger partial charge in [0, 0.05) is 0 Å². The Labute approximate surface area is 394 Å². The molecule has 0 saturated carbocycles. The van der Waals surface area contributed by atoms with Gasteiger partial charge in [0.1, 0.15) is 0 Å². The van der Waals surface area contributed by atoms with E-state index in [0.29, 0.717) is 6.42 Å². The Morgan fingerprint density at radius 1 is 0.406 bits per heavy atom. The van der Waals surface area contributed by atoms with Crippen LogP contribution in [0.3, 0.4) is 0 Å². The number of rotatable bonds is 47. The third kappa shape index (κ3) is 36.7. The molecular weight excluding hydrogens is 817 g/mol. The number of allylic oxidation sites excluding steroid dienone is 4. The smallest absolute Gasteiger partial charge is 0.339 e. The summed E-state index contributed by atoms with van der Waals surface area (Å²) in [7, 11) is -4.57. The van der Waals surface area contributed by atoms with Crippen LogP contribution in [0.4, 0.5) is 0 Å². The van der Waals surface area contributed by atoms with Gasteiger partial charge < -0.3 is 9.47 Å². The second kappa shape index (κ2) is 44.4. The van der Waals surface area contributed by atoms with E-state index in [-0.39, 0.29) is 24.3 Å². The van der Waals surface area contributed by atoms with Crippen LogP contribution in [-0.4, -0.2) is 38.1 Å². The van der Waals surface area contributed by atoms with Crippen molar-refractivity contribution in [2.45, 2.75) is 276 Å². The van der Waals surface area contributed by atoms with Crippen molar-refractivity contribution in [3.63, 3.8) is 0 Å². The number of carbonyl (C=O) groups excluding carboxylic acids is 2. The van der Waals surface area contributed by atoms with Crippen molar-refractivity contribution < 1.29 is 32.0 Å². The molecule has 7 nitrogen and oxygen atoms in total. The molecule has 0 spiro atoms.